The highest BCUT2D eigenvalue weighted by Crippen LogP contribution is 2.27. The van der Waals surface area contributed by atoms with Crippen LogP contribution >= 0.6 is 23.6 Å². The highest BCUT2D eigenvalue weighted by molar-refractivity contribution is 7.80. The van der Waals surface area contributed by atoms with E-state index in [1.807, 2.05) is 67.6 Å². The minimum absolute atomic E-state index is 0.191. The molecule has 8 nitrogen and oxygen atoms in total. The molecule has 10 heteroatoms. The van der Waals surface area contributed by atoms with Crippen LogP contribution in [0.1, 0.15) is 21.7 Å². The highest BCUT2D eigenvalue weighted by atomic mass is 32.1. The van der Waals surface area contributed by atoms with E-state index in [0.717, 1.165) is 32.6 Å². The molecule has 0 saturated carbocycles. The van der Waals surface area contributed by atoms with Gasteiger partial charge in [0, 0.05) is 16.8 Å². The van der Waals surface area contributed by atoms with E-state index in [2.05, 4.69) is 25.9 Å². The van der Waals surface area contributed by atoms with E-state index in [1.165, 1.54) is 11.3 Å². The largest absolute Gasteiger partial charge is 0.489 e. The maximum Gasteiger partial charge on any atom is 0.257 e. The second-order valence-electron chi connectivity index (χ2n) is 7.64. The van der Waals surface area contributed by atoms with E-state index in [-0.39, 0.29) is 11.0 Å². The van der Waals surface area contributed by atoms with Gasteiger partial charge in [0.2, 0.25) is 4.96 Å². The van der Waals surface area contributed by atoms with Crippen molar-refractivity contribution in [3.8, 4) is 16.3 Å². The van der Waals surface area contributed by atoms with Crippen LogP contribution < -0.4 is 15.4 Å². The average molecular weight is 501 g/mol. The van der Waals surface area contributed by atoms with Gasteiger partial charge < -0.3 is 10.1 Å². The molecule has 1 amide bonds. The number of carbonyl (C=O) groups excluding carboxylic acids is 1. The molecule has 174 valence electrons. The topological polar surface area (TPSA) is 93.4 Å². The summed E-state index contributed by atoms with van der Waals surface area (Å²) in [4.78, 5) is 13.5. The number of anilines is 1. The normalized spacial score (nSPS) is 10.8. The van der Waals surface area contributed by atoms with E-state index in [0.29, 0.717) is 17.9 Å². The Labute approximate surface area is 210 Å². The van der Waals surface area contributed by atoms with Crippen LogP contribution in [0, 0.1) is 6.92 Å². The number of hydrogen-bond donors (Lipinski definition) is 2. The quantitative estimate of drug-likeness (QED) is 0.321. The van der Waals surface area contributed by atoms with E-state index in [9.17, 15) is 4.79 Å². The number of aromatic nitrogens is 4. The Balaban J connectivity index is 1.22. The fraction of sp³-hybridized carbons (Fsp3) is 0.0800. The van der Waals surface area contributed by atoms with Gasteiger partial charge in [-0.15, -0.1) is 10.2 Å². The van der Waals surface area contributed by atoms with Gasteiger partial charge in [0.05, 0.1) is 0 Å². The molecule has 0 spiro atoms. The van der Waals surface area contributed by atoms with Crippen molar-refractivity contribution in [1.82, 2.24) is 25.1 Å². The zero-order chi connectivity index (χ0) is 24.2. The molecule has 2 N–H and O–H groups in total. The standard InChI is InChI=1S/C25H20N6O2S2/c1-16-28-29-25-31(16)30-23(35-25)19-10-5-11-20(13-19)26-24(34)27-22(32)18-9-6-12-21(14-18)33-15-17-7-3-2-4-8-17/h2-14H,15H2,1H3,(H2,26,27,32,34). The highest BCUT2D eigenvalue weighted by Gasteiger charge is 2.12. The van der Waals surface area contributed by atoms with Gasteiger partial charge >= 0.3 is 0 Å². The maximum atomic E-state index is 12.7. The van der Waals surface area contributed by atoms with Crippen LogP contribution in [-0.4, -0.2) is 30.8 Å². The van der Waals surface area contributed by atoms with Gasteiger partial charge in [-0.2, -0.15) is 9.61 Å². The zero-order valence-electron chi connectivity index (χ0n) is 18.6. The second kappa shape index (κ2) is 10.00. The van der Waals surface area contributed by atoms with E-state index < -0.39 is 0 Å². The Morgan fingerprint density at radius 3 is 2.69 bits per heavy atom. The van der Waals surface area contributed by atoms with Crippen molar-refractivity contribution in [2.24, 2.45) is 0 Å². The summed E-state index contributed by atoms with van der Waals surface area (Å²) in [5.41, 5.74) is 3.13. The van der Waals surface area contributed by atoms with Crippen LogP contribution in [0.25, 0.3) is 15.5 Å². The molecule has 5 aromatic rings. The van der Waals surface area contributed by atoms with Crippen LogP contribution in [-0.2, 0) is 6.61 Å². The van der Waals surface area contributed by atoms with Crippen molar-refractivity contribution in [1.29, 1.82) is 0 Å². The lowest BCUT2D eigenvalue weighted by molar-refractivity contribution is 0.0977. The minimum Gasteiger partial charge on any atom is -0.489 e. The second-order valence-corrected chi connectivity index (χ2v) is 9.00. The van der Waals surface area contributed by atoms with Crippen LogP contribution in [0.4, 0.5) is 5.69 Å². The molecule has 0 unspecified atom stereocenters. The van der Waals surface area contributed by atoms with Crippen molar-refractivity contribution in [3.63, 3.8) is 0 Å². The number of carbonyl (C=O) groups is 1. The summed E-state index contributed by atoms with van der Waals surface area (Å²) >= 11 is 6.81. The molecule has 3 aromatic carbocycles. The van der Waals surface area contributed by atoms with Gasteiger partial charge in [0.15, 0.2) is 10.9 Å². The molecule has 0 aliphatic heterocycles. The van der Waals surface area contributed by atoms with Gasteiger partial charge in [-0.1, -0.05) is 59.9 Å². The average Bonchev–Trinajstić information content (AvgIpc) is 3.46. The number of amides is 1. The lowest BCUT2D eigenvalue weighted by Crippen LogP contribution is -2.34. The summed E-state index contributed by atoms with van der Waals surface area (Å²) in [7, 11) is 0. The number of rotatable bonds is 6. The number of thiocarbonyl (C=S) groups is 1. The third-order valence-corrected chi connectivity index (χ3v) is 6.24. The molecule has 0 atom stereocenters. The summed E-state index contributed by atoms with van der Waals surface area (Å²) in [6.07, 6.45) is 0. The third-order valence-electron chi connectivity index (χ3n) is 5.09. The Kier molecular flexibility index (Phi) is 6.47. The third kappa shape index (κ3) is 5.34. The molecule has 0 fully saturated rings. The van der Waals surface area contributed by atoms with Crippen LogP contribution in [0.15, 0.2) is 78.9 Å². The van der Waals surface area contributed by atoms with E-state index >= 15 is 0 Å². The molecule has 5 rings (SSSR count). The number of benzene rings is 3. The predicted octanol–water partition coefficient (Wildman–Crippen LogP) is 4.87. The van der Waals surface area contributed by atoms with Crippen molar-refractivity contribution in [3.05, 3.63) is 95.8 Å². The number of nitrogens with zero attached hydrogens (tertiary/aromatic N) is 4. The molecule has 0 radical (unpaired) electrons. The van der Waals surface area contributed by atoms with Gasteiger partial charge in [-0.25, -0.2) is 0 Å². The molecule has 0 saturated heterocycles. The maximum absolute atomic E-state index is 12.7. The van der Waals surface area contributed by atoms with Crippen LogP contribution in [0.3, 0.4) is 0 Å². The number of hydrogen-bond acceptors (Lipinski definition) is 7. The number of ether oxygens (including phenoxy) is 1. The molecule has 0 bridgehead atoms. The van der Waals surface area contributed by atoms with Gasteiger partial charge in [0.25, 0.3) is 5.91 Å². The first-order chi connectivity index (χ1) is 17.0. The van der Waals surface area contributed by atoms with Crippen molar-refractivity contribution < 1.29 is 9.53 Å². The van der Waals surface area contributed by atoms with Crippen molar-refractivity contribution >= 4 is 45.2 Å². The first-order valence-corrected chi connectivity index (χ1v) is 12.0. The Morgan fingerprint density at radius 2 is 1.86 bits per heavy atom. The van der Waals surface area contributed by atoms with Crippen LogP contribution in [0.2, 0.25) is 0 Å². The molecule has 2 heterocycles. The molecule has 0 aliphatic carbocycles. The summed E-state index contributed by atoms with van der Waals surface area (Å²) in [5, 5.41) is 19.5. The fourth-order valence-corrected chi connectivity index (χ4v) is 4.46. The van der Waals surface area contributed by atoms with Crippen molar-refractivity contribution in [2.45, 2.75) is 13.5 Å². The summed E-state index contributed by atoms with van der Waals surface area (Å²) in [6, 6.07) is 24.5. The van der Waals surface area contributed by atoms with Crippen molar-refractivity contribution in [2.75, 3.05) is 5.32 Å². The summed E-state index contributed by atoms with van der Waals surface area (Å²) in [5.74, 6) is 1.01. The first-order valence-electron chi connectivity index (χ1n) is 10.7. The monoisotopic (exact) mass is 500 g/mol. The fourth-order valence-electron chi connectivity index (χ4n) is 3.37. The Hall–Kier alpha value is -4.15. The molecular weight excluding hydrogens is 480 g/mol. The Bertz CT molecular complexity index is 1510. The molecule has 0 aliphatic rings. The van der Waals surface area contributed by atoms with E-state index in [1.54, 1.807) is 22.7 Å². The molecular formula is C25H20N6O2S2. The number of nitrogens with one attached hydrogen (secondary N) is 2. The molecule has 2 aromatic heterocycles. The predicted molar refractivity (Wildman–Crippen MR) is 140 cm³/mol. The SMILES string of the molecule is Cc1nnc2sc(-c3cccc(NC(=S)NC(=O)c4cccc(OCc5ccccc5)c4)c3)nn12. The van der Waals surface area contributed by atoms with Gasteiger partial charge in [0.1, 0.15) is 17.4 Å². The van der Waals surface area contributed by atoms with Crippen LogP contribution in [0.5, 0.6) is 5.75 Å². The minimum atomic E-state index is -0.326. The van der Waals surface area contributed by atoms with Gasteiger partial charge in [-0.3, -0.25) is 10.1 Å². The lowest BCUT2D eigenvalue weighted by Gasteiger charge is -2.11. The number of aryl methyl sites for hydroxylation is 1. The summed E-state index contributed by atoms with van der Waals surface area (Å²) in [6.45, 7) is 2.27. The first kappa shape index (κ1) is 22.6. The van der Waals surface area contributed by atoms with E-state index in [4.69, 9.17) is 17.0 Å². The lowest BCUT2D eigenvalue weighted by atomic mass is 10.2. The molecule has 35 heavy (non-hydrogen) atoms. The Morgan fingerprint density at radius 1 is 1.03 bits per heavy atom. The van der Waals surface area contributed by atoms with Gasteiger partial charge in [-0.05, 0) is 55.0 Å². The smallest absolute Gasteiger partial charge is 0.257 e. The zero-order valence-corrected chi connectivity index (χ0v) is 20.3. The summed E-state index contributed by atoms with van der Waals surface area (Å²) < 4.78 is 7.53. The number of fused-ring (bicyclic) bond motifs is 1.